The highest BCUT2D eigenvalue weighted by atomic mass is 32.2. The topological polar surface area (TPSA) is 102 Å². The average molecular weight is 386 g/mol. The summed E-state index contributed by atoms with van der Waals surface area (Å²) in [5.41, 5.74) is -6.03. The number of halogens is 3. The third-order valence-electron chi connectivity index (χ3n) is 3.47. The monoisotopic (exact) mass is 386 g/mol. The Kier molecular flexibility index (Phi) is 4.11. The van der Waals surface area contributed by atoms with E-state index in [-0.39, 0.29) is 16.5 Å². The van der Waals surface area contributed by atoms with Crippen LogP contribution in [0, 0.1) is 10.1 Å². The van der Waals surface area contributed by atoms with Crippen molar-refractivity contribution in [3.8, 4) is 11.1 Å². The van der Waals surface area contributed by atoms with Crippen LogP contribution in [-0.2, 0) is 10.0 Å². The first kappa shape index (κ1) is 17.7. The van der Waals surface area contributed by atoms with Crippen LogP contribution in [0.3, 0.4) is 0 Å². The van der Waals surface area contributed by atoms with Gasteiger partial charge in [0, 0.05) is 5.39 Å². The van der Waals surface area contributed by atoms with E-state index in [1.54, 1.807) is 30.3 Å². The molecule has 0 aliphatic heterocycles. The van der Waals surface area contributed by atoms with E-state index in [9.17, 15) is 31.7 Å². The van der Waals surface area contributed by atoms with Gasteiger partial charge < -0.3 is 4.42 Å². The lowest BCUT2D eigenvalue weighted by Crippen LogP contribution is -2.29. The van der Waals surface area contributed by atoms with Crippen LogP contribution in [0.25, 0.3) is 22.1 Å². The number of hydrogen-bond donors (Lipinski definition) is 1. The molecule has 0 radical (unpaired) electrons. The zero-order valence-electron chi connectivity index (χ0n) is 12.6. The normalized spacial score (nSPS) is 12.3. The average Bonchev–Trinajstić information content (AvgIpc) is 2.95. The van der Waals surface area contributed by atoms with Crippen LogP contribution in [0.15, 0.2) is 52.9 Å². The fourth-order valence-corrected chi connectivity index (χ4v) is 2.97. The maximum absolute atomic E-state index is 12.6. The number of para-hydroxylation sites is 1. The van der Waals surface area contributed by atoms with Crippen LogP contribution in [0.5, 0.6) is 0 Å². The van der Waals surface area contributed by atoms with Gasteiger partial charge in [-0.25, -0.2) is 0 Å². The molecule has 0 unspecified atom stereocenters. The standard InChI is InChI=1S/C15H9F3N2O5S/c16-15(17,18)26(23,24)19-11-8-4-7-10-12(9-5-2-1-3-6-9)14(20(21)22)25-13(10)11/h1-8,19H. The Labute approximate surface area is 144 Å². The summed E-state index contributed by atoms with van der Waals surface area (Å²) in [5, 5.41) is 11.4. The third kappa shape index (κ3) is 2.96. The van der Waals surface area contributed by atoms with Crippen molar-refractivity contribution in [1.82, 2.24) is 0 Å². The number of hydrogen-bond acceptors (Lipinski definition) is 5. The third-order valence-corrected chi connectivity index (χ3v) is 4.57. The zero-order chi connectivity index (χ0) is 19.1. The van der Waals surface area contributed by atoms with E-state index in [0.29, 0.717) is 5.56 Å². The Morgan fingerprint density at radius 3 is 2.27 bits per heavy atom. The lowest BCUT2D eigenvalue weighted by atomic mass is 10.0. The molecule has 26 heavy (non-hydrogen) atoms. The second-order valence-electron chi connectivity index (χ2n) is 5.14. The van der Waals surface area contributed by atoms with Gasteiger partial charge in [-0.15, -0.1) is 0 Å². The molecule has 136 valence electrons. The lowest BCUT2D eigenvalue weighted by Gasteiger charge is -2.10. The first-order chi connectivity index (χ1) is 12.1. The second kappa shape index (κ2) is 6.02. The fourth-order valence-electron chi connectivity index (χ4n) is 2.40. The Bertz CT molecular complexity index is 1090. The molecule has 1 aromatic heterocycles. The van der Waals surface area contributed by atoms with Crippen molar-refractivity contribution in [2.75, 3.05) is 4.72 Å². The van der Waals surface area contributed by atoms with Gasteiger partial charge in [-0.05, 0) is 11.6 Å². The molecule has 3 rings (SSSR count). The van der Waals surface area contributed by atoms with Gasteiger partial charge in [0.1, 0.15) is 10.5 Å². The molecule has 2 aromatic carbocycles. The van der Waals surface area contributed by atoms with Crippen molar-refractivity contribution < 1.29 is 30.9 Å². The van der Waals surface area contributed by atoms with Gasteiger partial charge in [0.15, 0.2) is 5.58 Å². The molecule has 0 saturated carbocycles. The Morgan fingerprint density at radius 2 is 1.69 bits per heavy atom. The first-order valence-corrected chi connectivity index (χ1v) is 8.44. The molecular formula is C15H9F3N2O5S. The smallest absolute Gasteiger partial charge is 0.398 e. The number of fused-ring (bicyclic) bond motifs is 1. The highest BCUT2D eigenvalue weighted by molar-refractivity contribution is 7.93. The van der Waals surface area contributed by atoms with Gasteiger partial charge in [0.2, 0.25) is 0 Å². The van der Waals surface area contributed by atoms with Crippen molar-refractivity contribution in [3.05, 3.63) is 58.6 Å². The molecular weight excluding hydrogens is 377 g/mol. The van der Waals surface area contributed by atoms with Gasteiger partial charge in [-0.3, -0.25) is 14.8 Å². The number of nitrogens with zero attached hydrogens (tertiary/aromatic N) is 1. The summed E-state index contributed by atoms with van der Waals surface area (Å²) in [7, 11) is -5.71. The van der Waals surface area contributed by atoms with E-state index in [4.69, 9.17) is 4.42 Å². The highest BCUT2D eigenvalue weighted by Crippen LogP contribution is 2.42. The predicted octanol–water partition coefficient (Wildman–Crippen LogP) is 4.27. The minimum Gasteiger partial charge on any atom is -0.398 e. The summed E-state index contributed by atoms with van der Waals surface area (Å²) in [6.45, 7) is 0. The molecule has 1 heterocycles. The van der Waals surface area contributed by atoms with Gasteiger partial charge in [0.25, 0.3) is 0 Å². The number of anilines is 1. The summed E-state index contributed by atoms with van der Waals surface area (Å²) in [6, 6.07) is 11.7. The number of nitro groups is 1. The Morgan fingerprint density at radius 1 is 1.04 bits per heavy atom. The van der Waals surface area contributed by atoms with Gasteiger partial charge in [-0.1, -0.05) is 42.5 Å². The van der Waals surface area contributed by atoms with E-state index in [2.05, 4.69) is 0 Å². The maximum atomic E-state index is 12.6. The molecule has 0 saturated heterocycles. The Balaban J connectivity index is 2.26. The number of nitrogens with one attached hydrogen (secondary N) is 1. The largest absolute Gasteiger partial charge is 0.516 e. The van der Waals surface area contributed by atoms with Crippen molar-refractivity contribution in [2.24, 2.45) is 0 Å². The summed E-state index contributed by atoms with van der Waals surface area (Å²) in [6.07, 6.45) is 0. The molecule has 0 aliphatic rings. The van der Waals surface area contributed by atoms with Crippen LogP contribution in [-0.4, -0.2) is 18.8 Å². The van der Waals surface area contributed by atoms with E-state index >= 15 is 0 Å². The van der Waals surface area contributed by atoms with E-state index in [1.807, 2.05) is 0 Å². The summed E-state index contributed by atoms with van der Waals surface area (Å²) in [4.78, 5) is 10.5. The number of rotatable bonds is 4. The number of benzene rings is 2. The lowest BCUT2D eigenvalue weighted by molar-refractivity contribution is -0.400. The molecule has 0 bridgehead atoms. The van der Waals surface area contributed by atoms with E-state index in [0.717, 1.165) is 6.07 Å². The fraction of sp³-hybridized carbons (Fsp3) is 0.0667. The number of alkyl halides is 3. The van der Waals surface area contributed by atoms with Crippen molar-refractivity contribution in [3.63, 3.8) is 0 Å². The number of furan rings is 1. The van der Waals surface area contributed by atoms with Crippen LogP contribution < -0.4 is 4.72 Å². The summed E-state index contributed by atoms with van der Waals surface area (Å²) in [5.74, 6) is -0.704. The molecule has 11 heteroatoms. The molecule has 0 fully saturated rings. The molecule has 1 N–H and O–H groups in total. The quantitative estimate of drug-likeness (QED) is 0.533. The van der Waals surface area contributed by atoms with Crippen LogP contribution in [0.1, 0.15) is 0 Å². The van der Waals surface area contributed by atoms with Crippen molar-refractivity contribution in [2.45, 2.75) is 5.51 Å². The SMILES string of the molecule is O=[N+]([O-])c1oc2c(NS(=O)(=O)C(F)(F)F)cccc2c1-c1ccccc1. The molecule has 0 spiro atoms. The van der Waals surface area contributed by atoms with E-state index in [1.165, 1.54) is 16.9 Å². The minimum absolute atomic E-state index is 0.0404. The molecule has 0 aliphatic carbocycles. The predicted molar refractivity (Wildman–Crippen MR) is 86.9 cm³/mol. The van der Waals surface area contributed by atoms with Gasteiger partial charge >= 0.3 is 21.4 Å². The molecule has 0 amide bonds. The Hall–Kier alpha value is -3.08. The van der Waals surface area contributed by atoms with Crippen molar-refractivity contribution in [1.29, 1.82) is 0 Å². The maximum Gasteiger partial charge on any atom is 0.516 e. The summed E-state index contributed by atoms with van der Waals surface area (Å²) >= 11 is 0. The molecule has 3 aromatic rings. The zero-order valence-corrected chi connectivity index (χ0v) is 13.5. The van der Waals surface area contributed by atoms with Crippen LogP contribution in [0.2, 0.25) is 0 Å². The minimum atomic E-state index is -5.71. The highest BCUT2D eigenvalue weighted by Gasteiger charge is 2.46. The van der Waals surface area contributed by atoms with E-state index < -0.39 is 32.0 Å². The van der Waals surface area contributed by atoms with Crippen LogP contribution >= 0.6 is 0 Å². The number of sulfonamides is 1. The summed E-state index contributed by atoms with van der Waals surface area (Å²) < 4.78 is 67.0. The van der Waals surface area contributed by atoms with Gasteiger partial charge in [0.05, 0.1) is 5.69 Å². The van der Waals surface area contributed by atoms with Crippen LogP contribution in [0.4, 0.5) is 24.7 Å². The molecule has 7 nitrogen and oxygen atoms in total. The molecule has 0 atom stereocenters. The van der Waals surface area contributed by atoms with Crippen molar-refractivity contribution >= 4 is 32.6 Å². The first-order valence-electron chi connectivity index (χ1n) is 6.96. The van der Waals surface area contributed by atoms with Gasteiger partial charge in [-0.2, -0.15) is 21.6 Å². The second-order valence-corrected chi connectivity index (χ2v) is 6.81.